The molecule has 0 radical (unpaired) electrons. The van der Waals surface area contributed by atoms with E-state index in [2.05, 4.69) is 10.1 Å². The van der Waals surface area contributed by atoms with Crippen molar-refractivity contribution in [3.63, 3.8) is 0 Å². The highest BCUT2D eigenvalue weighted by atomic mass is 16.5. The summed E-state index contributed by atoms with van der Waals surface area (Å²) in [6.45, 7) is 4.23. The summed E-state index contributed by atoms with van der Waals surface area (Å²) in [4.78, 5) is 14.8. The first-order chi connectivity index (χ1) is 9.22. The Bertz CT molecular complexity index is 566. The van der Waals surface area contributed by atoms with Gasteiger partial charge >= 0.3 is 0 Å². The average Bonchev–Trinajstić information content (AvgIpc) is 2.83. The molecule has 2 rings (SSSR count). The first-order valence-corrected chi connectivity index (χ1v) is 5.87. The van der Waals surface area contributed by atoms with Crippen molar-refractivity contribution < 1.29 is 18.8 Å². The van der Waals surface area contributed by atoms with Crippen LogP contribution in [0, 0.1) is 6.92 Å². The number of aromatic nitrogens is 2. The van der Waals surface area contributed by atoms with Crippen LogP contribution in [-0.2, 0) is 6.61 Å². The number of aryl methyl sites for hydroxylation is 1. The van der Waals surface area contributed by atoms with Gasteiger partial charge < -0.3 is 14.0 Å². The van der Waals surface area contributed by atoms with E-state index < -0.39 is 0 Å². The topological polar surface area (TPSA) is 74.5 Å². The average molecular weight is 262 g/mol. The number of hydrogen-bond acceptors (Lipinski definition) is 6. The number of aldehydes is 1. The van der Waals surface area contributed by atoms with Crippen molar-refractivity contribution in [2.45, 2.75) is 20.5 Å². The lowest BCUT2D eigenvalue weighted by molar-refractivity contribution is 0.112. The molecule has 19 heavy (non-hydrogen) atoms. The maximum Gasteiger partial charge on any atom is 0.223 e. The molecule has 1 heterocycles. The molecule has 0 amide bonds. The van der Waals surface area contributed by atoms with Gasteiger partial charge in [-0.15, -0.1) is 0 Å². The fraction of sp³-hybridized carbons (Fsp3) is 0.308. The Kier molecular flexibility index (Phi) is 4.12. The van der Waals surface area contributed by atoms with E-state index in [9.17, 15) is 4.79 Å². The Morgan fingerprint density at radius 3 is 2.79 bits per heavy atom. The summed E-state index contributed by atoms with van der Waals surface area (Å²) in [7, 11) is 0. The number of carbonyl (C=O) groups excluding carboxylic acids is 1. The quantitative estimate of drug-likeness (QED) is 0.743. The molecule has 0 fully saturated rings. The summed E-state index contributed by atoms with van der Waals surface area (Å²) >= 11 is 0. The van der Waals surface area contributed by atoms with Crippen LogP contribution in [0.1, 0.15) is 29.0 Å². The first kappa shape index (κ1) is 13.1. The summed E-state index contributed by atoms with van der Waals surface area (Å²) in [5, 5.41) is 3.73. The molecule has 0 bridgehead atoms. The number of nitrogens with zero attached hydrogens (tertiary/aromatic N) is 2. The summed E-state index contributed by atoms with van der Waals surface area (Å²) in [5.41, 5.74) is 0.534. The van der Waals surface area contributed by atoms with Gasteiger partial charge in [-0.05, 0) is 25.1 Å². The smallest absolute Gasteiger partial charge is 0.223 e. The minimum absolute atomic E-state index is 0.178. The van der Waals surface area contributed by atoms with Crippen LogP contribution < -0.4 is 9.47 Å². The maximum atomic E-state index is 10.7. The summed E-state index contributed by atoms with van der Waals surface area (Å²) < 4.78 is 15.8. The lowest BCUT2D eigenvalue weighted by atomic mass is 10.2. The molecule has 0 saturated carbocycles. The second kappa shape index (κ2) is 5.99. The van der Waals surface area contributed by atoms with Crippen LogP contribution in [0.2, 0.25) is 0 Å². The monoisotopic (exact) mass is 262 g/mol. The largest absolute Gasteiger partial charge is 0.490 e. The lowest BCUT2D eigenvalue weighted by Crippen LogP contribution is -2.01. The summed E-state index contributed by atoms with van der Waals surface area (Å²) in [6, 6.07) is 4.97. The molecule has 0 atom stereocenters. The van der Waals surface area contributed by atoms with Crippen LogP contribution in [0.15, 0.2) is 22.7 Å². The van der Waals surface area contributed by atoms with Gasteiger partial charge in [0, 0.05) is 12.5 Å². The van der Waals surface area contributed by atoms with E-state index in [1.54, 1.807) is 25.1 Å². The first-order valence-electron chi connectivity index (χ1n) is 5.87. The van der Waals surface area contributed by atoms with Gasteiger partial charge in [0.15, 0.2) is 18.1 Å². The van der Waals surface area contributed by atoms with E-state index in [0.717, 1.165) is 6.29 Å². The SMILES string of the molecule is CCOc1cc(C=O)ccc1OCc1noc(C)n1. The molecule has 0 aliphatic carbocycles. The second-order valence-electron chi connectivity index (χ2n) is 3.78. The maximum absolute atomic E-state index is 10.7. The van der Waals surface area contributed by atoms with Crippen molar-refractivity contribution in [1.29, 1.82) is 0 Å². The van der Waals surface area contributed by atoms with Crippen molar-refractivity contribution in [3.05, 3.63) is 35.5 Å². The third kappa shape index (κ3) is 3.31. The Balaban J connectivity index is 2.12. The van der Waals surface area contributed by atoms with Crippen molar-refractivity contribution in [2.24, 2.45) is 0 Å². The molecular weight excluding hydrogens is 248 g/mol. The zero-order valence-electron chi connectivity index (χ0n) is 10.8. The fourth-order valence-electron chi connectivity index (χ4n) is 1.53. The highest BCUT2D eigenvalue weighted by Crippen LogP contribution is 2.28. The predicted molar refractivity (Wildman–Crippen MR) is 66.4 cm³/mol. The highest BCUT2D eigenvalue weighted by molar-refractivity contribution is 5.76. The number of rotatable bonds is 6. The lowest BCUT2D eigenvalue weighted by Gasteiger charge is -2.10. The molecule has 1 aromatic heterocycles. The molecule has 0 N–H and O–H groups in total. The van der Waals surface area contributed by atoms with Gasteiger partial charge in [0.05, 0.1) is 6.61 Å². The number of hydrogen-bond donors (Lipinski definition) is 0. The van der Waals surface area contributed by atoms with Gasteiger partial charge in [0.2, 0.25) is 11.7 Å². The van der Waals surface area contributed by atoms with Gasteiger partial charge in [0.25, 0.3) is 0 Å². The van der Waals surface area contributed by atoms with E-state index in [0.29, 0.717) is 35.4 Å². The second-order valence-corrected chi connectivity index (χ2v) is 3.78. The molecule has 6 heteroatoms. The van der Waals surface area contributed by atoms with Crippen LogP contribution in [0.3, 0.4) is 0 Å². The Morgan fingerprint density at radius 2 is 2.16 bits per heavy atom. The van der Waals surface area contributed by atoms with Crippen molar-refractivity contribution >= 4 is 6.29 Å². The van der Waals surface area contributed by atoms with Gasteiger partial charge in [-0.3, -0.25) is 4.79 Å². The minimum atomic E-state index is 0.178. The van der Waals surface area contributed by atoms with E-state index >= 15 is 0 Å². The molecule has 6 nitrogen and oxygen atoms in total. The van der Waals surface area contributed by atoms with Gasteiger partial charge in [-0.1, -0.05) is 5.16 Å². The zero-order valence-corrected chi connectivity index (χ0v) is 10.8. The van der Waals surface area contributed by atoms with Gasteiger partial charge in [-0.2, -0.15) is 4.98 Å². The normalized spacial score (nSPS) is 10.2. The van der Waals surface area contributed by atoms with Crippen LogP contribution in [0.25, 0.3) is 0 Å². The number of ether oxygens (including phenoxy) is 2. The third-order valence-corrected chi connectivity index (χ3v) is 2.33. The van der Waals surface area contributed by atoms with E-state index in [1.807, 2.05) is 6.92 Å². The molecule has 2 aromatic rings. The molecule has 100 valence electrons. The zero-order chi connectivity index (χ0) is 13.7. The molecule has 0 unspecified atom stereocenters. The molecule has 0 spiro atoms. The van der Waals surface area contributed by atoms with E-state index in [4.69, 9.17) is 14.0 Å². The van der Waals surface area contributed by atoms with Crippen LogP contribution in [0.4, 0.5) is 0 Å². The number of benzene rings is 1. The van der Waals surface area contributed by atoms with Crippen LogP contribution >= 0.6 is 0 Å². The minimum Gasteiger partial charge on any atom is -0.490 e. The third-order valence-electron chi connectivity index (χ3n) is 2.33. The summed E-state index contributed by atoms with van der Waals surface area (Å²) in [6.07, 6.45) is 0.759. The molecule has 0 aliphatic heterocycles. The molecule has 0 aliphatic rings. The molecular formula is C13H14N2O4. The van der Waals surface area contributed by atoms with Crippen LogP contribution in [-0.4, -0.2) is 23.0 Å². The fourth-order valence-corrected chi connectivity index (χ4v) is 1.53. The van der Waals surface area contributed by atoms with Crippen LogP contribution in [0.5, 0.6) is 11.5 Å². The Labute approximate surface area is 110 Å². The molecule has 0 saturated heterocycles. The Morgan fingerprint density at radius 1 is 1.32 bits per heavy atom. The van der Waals surface area contributed by atoms with E-state index in [-0.39, 0.29) is 6.61 Å². The van der Waals surface area contributed by atoms with Gasteiger partial charge in [-0.25, -0.2) is 0 Å². The predicted octanol–water partition coefficient (Wildman–Crippen LogP) is 2.17. The van der Waals surface area contributed by atoms with Gasteiger partial charge in [0.1, 0.15) is 6.29 Å². The molecule has 1 aromatic carbocycles. The number of carbonyl (C=O) groups is 1. The Hall–Kier alpha value is -2.37. The van der Waals surface area contributed by atoms with E-state index in [1.165, 1.54) is 0 Å². The summed E-state index contributed by atoms with van der Waals surface area (Å²) in [5.74, 6) is 2.00. The van der Waals surface area contributed by atoms with Crippen molar-refractivity contribution in [2.75, 3.05) is 6.61 Å². The van der Waals surface area contributed by atoms with Crippen molar-refractivity contribution in [1.82, 2.24) is 10.1 Å². The highest BCUT2D eigenvalue weighted by Gasteiger charge is 2.09. The standard InChI is InChI=1S/C13H14N2O4/c1-3-17-12-6-10(7-16)4-5-11(12)18-8-13-14-9(2)19-15-13/h4-7H,3,8H2,1-2H3. The van der Waals surface area contributed by atoms with Crippen molar-refractivity contribution in [3.8, 4) is 11.5 Å².